The Bertz CT molecular complexity index is 827. The maximum Gasteiger partial charge on any atom is 0.199 e. The van der Waals surface area contributed by atoms with Gasteiger partial charge in [-0.3, -0.25) is 0 Å². The first-order valence-corrected chi connectivity index (χ1v) is 5.53. The summed E-state index contributed by atoms with van der Waals surface area (Å²) in [5.74, 6) is -6.54. The summed E-state index contributed by atoms with van der Waals surface area (Å²) in [7, 11) is 0. The summed E-state index contributed by atoms with van der Waals surface area (Å²) >= 11 is 0. The summed E-state index contributed by atoms with van der Waals surface area (Å²) in [5.41, 5.74) is 0.236. The predicted molar refractivity (Wildman–Crippen MR) is 63.8 cm³/mol. The molecule has 0 aliphatic rings. The number of halogens is 4. The minimum absolute atomic E-state index is 0.324. The molecule has 0 saturated heterocycles. The molecule has 0 spiro atoms. The molecular weight excluding hydrogens is 258 g/mol. The normalized spacial score (nSPS) is 11.4. The van der Waals surface area contributed by atoms with E-state index in [9.17, 15) is 17.6 Å². The lowest BCUT2D eigenvalue weighted by molar-refractivity contribution is 0.417. The van der Waals surface area contributed by atoms with Gasteiger partial charge in [-0.15, -0.1) is 0 Å². The summed E-state index contributed by atoms with van der Waals surface area (Å²) in [4.78, 5) is 3.88. The Kier molecular flexibility index (Phi) is 2.45. The minimum atomic E-state index is -1.84. The molecule has 0 radical (unpaired) electrons. The monoisotopic (exact) mass is 265 g/mol. The summed E-state index contributed by atoms with van der Waals surface area (Å²) in [5, 5.41) is 0.245. The Labute approximate surface area is 105 Å². The molecule has 1 heterocycles. The Balaban J connectivity index is 2.66. The molecule has 19 heavy (non-hydrogen) atoms. The third kappa shape index (κ3) is 1.51. The zero-order valence-corrected chi connectivity index (χ0v) is 9.77. The van der Waals surface area contributed by atoms with E-state index >= 15 is 0 Å². The lowest BCUT2D eigenvalue weighted by atomic mass is 10.0. The van der Waals surface area contributed by atoms with Crippen LogP contribution in [0, 0.1) is 30.2 Å². The fourth-order valence-electron chi connectivity index (χ4n) is 2.21. The number of para-hydroxylation sites is 1. The minimum Gasteiger partial charge on any atom is -0.244 e. The molecule has 0 saturated carbocycles. The molecule has 1 aromatic heterocycles. The van der Waals surface area contributed by atoms with Crippen LogP contribution >= 0.6 is 0 Å². The third-order valence-electron chi connectivity index (χ3n) is 3.16. The summed E-state index contributed by atoms with van der Waals surface area (Å²) < 4.78 is 54.0. The van der Waals surface area contributed by atoms with E-state index in [0.29, 0.717) is 16.5 Å². The Morgan fingerprint density at radius 1 is 0.842 bits per heavy atom. The van der Waals surface area contributed by atoms with Gasteiger partial charge in [0.1, 0.15) is 5.52 Å². The van der Waals surface area contributed by atoms with Gasteiger partial charge in [0.25, 0.3) is 0 Å². The molecule has 3 rings (SSSR count). The first-order chi connectivity index (χ1) is 9.02. The smallest absolute Gasteiger partial charge is 0.199 e. The number of pyridine rings is 1. The zero-order chi connectivity index (χ0) is 13.7. The molecule has 0 amide bonds. The van der Waals surface area contributed by atoms with Crippen molar-refractivity contribution in [2.45, 2.75) is 6.92 Å². The van der Waals surface area contributed by atoms with Gasteiger partial charge in [-0.05, 0) is 18.6 Å². The maximum absolute atomic E-state index is 13.8. The van der Waals surface area contributed by atoms with Gasteiger partial charge in [-0.2, -0.15) is 0 Å². The van der Waals surface area contributed by atoms with Crippen molar-refractivity contribution >= 4 is 21.8 Å². The van der Waals surface area contributed by atoms with Crippen LogP contribution in [0.5, 0.6) is 0 Å². The molecule has 0 aliphatic heterocycles. The van der Waals surface area contributed by atoms with Crippen molar-refractivity contribution < 1.29 is 17.6 Å². The topological polar surface area (TPSA) is 12.9 Å². The fraction of sp³-hybridized carbons (Fsp3) is 0.0714. The second-order valence-electron chi connectivity index (χ2n) is 4.23. The van der Waals surface area contributed by atoms with Crippen LogP contribution in [0.2, 0.25) is 0 Å². The number of aryl methyl sites for hydroxylation is 1. The third-order valence-corrected chi connectivity index (χ3v) is 3.16. The molecule has 0 aliphatic carbocycles. The van der Waals surface area contributed by atoms with E-state index < -0.39 is 28.8 Å². The second kappa shape index (κ2) is 3.91. The number of hydrogen-bond acceptors (Lipinski definition) is 1. The first-order valence-electron chi connectivity index (χ1n) is 5.53. The van der Waals surface area contributed by atoms with E-state index in [-0.39, 0.29) is 5.39 Å². The van der Waals surface area contributed by atoms with E-state index in [1.54, 1.807) is 24.3 Å². The lowest BCUT2D eigenvalue weighted by Crippen LogP contribution is -2.01. The highest BCUT2D eigenvalue weighted by atomic mass is 19.2. The van der Waals surface area contributed by atoms with Crippen molar-refractivity contribution in [2.75, 3.05) is 0 Å². The molecule has 1 nitrogen and oxygen atoms in total. The largest absolute Gasteiger partial charge is 0.244 e. The van der Waals surface area contributed by atoms with Crippen molar-refractivity contribution in [1.29, 1.82) is 0 Å². The molecule has 0 atom stereocenters. The molecule has 0 N–H and O–H groups in total. The standard InChI is InChI=1S/C14H7F4N/c1-6-7-4-2-3-5-8(7)19-14-9(6)10(15)11(16)12(17)13(14)18/h2-5H,1H3. The molecular formula is C14H7F4N. The van der Waals surface area contributed by atoms with Crippen molar-refractivity contribution in [3.8, 4) is 0 Å². The van der Waals surface area contributed by atoms with Crippen molar-refractivity contribution in [2.24, 2.45) is 0 Å². The number of nitrogens with zero attached hydrogens (tertiary/aromatic N) is 1. The first kappa shape index (κ1) is 11.9. The van der Waals surface area contributed by atoms with Crippen molar-refractivity contribution in [1.82, 2.24) is 4.98 Å². The van der Waals surface area contributed by atoms with E-state index in [0.717, 1.165) is 0 Å². The van der Waals surface area contributed by atoms with Crippen LogP contribution in [0.25, 0.3) is 21.8 Å². The van der Waals surface area contributed by atoms with Crippen LogP contribution in [-0.4, -0.2) is 4.98 Å². The van der Waals surface area contributed by atoms with Crippen LogP contribution in [0.15, 0.2) is 24.3 Å². The number of hydrogen-bond donors (Lipinski definition) is 0. The van der Waals surface area contributed by atoms with Crippen LogP contribution in [0.1, 0.15) is 5.56 Å². The van der Waals surface area contributed by atoms with Crippen LogP contribution in [0.3, 0.4) is 0 Å². The number of fused-ring (bicyclic) bond motifs is 2. The SMILES string of the molecule is Cc1c2ccccc2nc2c(F)c(F)c(F)c(F)c12. The molecule has 2 aromatic carbocycles. The lowest BCUT2D eigenvalue weighted by Gasteiger charge is -2.09. The fourth-order valence-corrected chi connectivity index (χ4v) is 2.21. The quantitative estimate of drug-likeness (QED) is 0.256. The average Bonchev–Trinajstić information content (AvgIpc) is 2.43. The highest BCUT2D eigenvalue weighted by Crippen LogP contribution is 2.31. The highest BCUT2D eigenvalue weighted by molar-refractivity contribution is 5.97. The van der Waals surface area contributed by atoms with Crippen molar-refractivity contribution in [3.05, 3.63) is 53.1 Å². The maximum atomic E-state index is 13.8. The predicted octanol–water partition coefficient (Wildman–Crippen LogP) is 4.25. The Morgan fingerprint density at radius 3 is 2.21 bits per heavy atom. The summed E-state index contributed by atoms with van der Waals surface area (Å²) in [6, 6.07) is 6.64. The number of rotatable bonds is 0. The van der Waals surface area contributed by atoms with Crippen LogP contribution in [0.4, 0.5) is 17.6 Å². The van der Waals surface area contributed by atoms with Gasteiger partial charge in [0.05, 0.1) is 5.52 Å². The van der Waals surface area contributed by atoms with Gasteiger partial charge in [-0.25, -0.2) is 22.5 Å². The molecule has 0 fully saturated rings. The van der Waals surface area contributed by atoms with Gasteiger partial charge in [0.2, 0.25) is 0 Å². The Morgan fingerprint density at radius 2 is 1.47 bits per heavy atom. The van der Waals surface area contributed by atoms with Gasteiger partial charge >= 0.3 is 0 Å². The summed E-state index contributed by atoms with van der Waals surface area (Å²) in [6.45, 7) is 1.52. The van der Waals surface area contributed by atoms with E-state index in [1.807, 2.05) is 0 Å². The molecule has 0 bridgehead atoms. The van der Waals surface area contributed by atoms with Crippen LogP contribution in [-0.2, 0) is 0 Å². The molecule has 3 aromatic rings. The average molecular weight is 265 g/mol. The van der Waals surface area contributed by atoms with E-state index in [1.165, 1.54) is 6.92 Å². The Hall–Kier alpha value is -2.17. The molecule has 96 valence electrons. The van der Waals surface area contributed by atoms with E-state index in [4.69, 9.17) is 0 Å². The highest BCUT2D eigenvalue weighted by Gasteiger charge is 2.23. The van der Waals surface area contributed by atoms with Gasteiger partial charge in [0.15, 0.2) is 23.3 Å². The van der Waals surface area contributed by atoms with Gasteiger partial charge < -0.3 is 0 Å². The number of aromatic nitrogens is 1. The second-order valence-corrected chi connectivity index (χ2v) is 4.23. The molecule has 0 unspecified atom stereocenters. The van der Waals surface area contributed by atoms with Gasteiger partial charge in [0, 0.05) is 10.8 Å². The van der Waals surface area contributed by atoms with E-state index in [2.05, 4.69) is 4.98 Å². The zero-order valence-electron chi connectivity index (χ0n) is 9.77. The summed E-state index contributed by atoms with van der Waals surface area (Å²) in [6.07, 6.45) is 0. The molecule has 5 heteroatoms. The van der Waals surface area contributed by atoms with Crippen LogP contribution < -0.4 is 0 Å². The number of benzene rings is 2. The van der Waals surface area contributed by atoms with Gasteiger partial charge in [-0.1, -0.05) is 18.2 Å². The van der Waals surface area contributed by atoms with Crippen molar-refractivity contribution in [3.63, 3.8) is 0 Å².